The van der Waals surface area contributed by atoms with Gasteiger partial charge in [-0.15, -0.1) is 0 Å². The highest BCUT2D eigenvalue weighted by Gasteiger charge is 2.03. The van der Waals surface area contributed by atoms with Gasteiger partial charge in [-0.2, -0.15) is 5.10 Å². The molecule has 0 fully saturated rings. The first-order valence-electron chi connectivity index (χ1n) is 5.98. The molecule has 3 N–H and O–H groups in total. The Kier molecular flexibility index (Phi) is 4.07. The van der Waals surface area contributed by atoms with Gasteiger partial charge in [0.1, 0.15) is 0 Å². The summed E-state index contributed by atoms with van der Waals surface area (Å²) in [6.07, 6.45) is 0. The van der Waals surface area contributed by atoms with Crippen molar-refractivity contribution in [2.45, 2.75) is 13.8 Å². The summed E-state index contributed by atoms with van der Waals surface area (Å²) in [6.45, 7) is 3.96. The largest absolute Gasteiger partial charge is 0.398 e. The monoisotopic (exact) mass is 273 g/mol. The summed E-state index contributed by atoms with van der Waals surface area (Å²) in [7, 11) is 0. The fraction of sp³-hybridized carbons (Fsp3) is 0.133. The minimum Gasteiger partial charge on any atom is -0.398 e. The van der Waals surface area contributed by atoms with Gasteiger partial charge >= 0.3 is 0 Å². The number of rotatable bonds is 3. The van der Waals surface area contributed by atoms with Crippen LogP contribution >= 0.6 is 11.6 Å². The van der Waals surface area contributed by atoms with Crippen LogP contribution in [0.25, 0.3) is 0 Å². The molecule has 4 heteroatoms. The average molecular weight is 274 g/mol. The molecule has 2 aromatic carbocycles. The first kappa shape index (κ1) is 13.4. The van der Waals surface area contributed by atoms with Crippen molar-refractivity contribution in [1.82, 2.24) is 0 Å². The molecule has 0 spiro atoms. The molecule has 0 aliphatic rings. The van der Waals surface area contributed by atoms with E-state index in [0.29, 0.717) is 5.02 Å². The van der Waals surface area contributed by atoms with Crippen LogP contribution in [0.2, 0.25) is 5.02 Å². The molecular formula is C15H16ClN3. The lowest BCUT2D eigenvalue weighted by atomic mass is 10.1. The molecule has 0 radical (unpaired) electrons. The molecule has 0 saturated carbocycles. The van der Waals surface area contributed by atoms with Crippen LogP contribution in [0.1, 0.15) is 18.1 Å². The summed E-state index contributed by atoms with van der Waals surface area (Å²) in [5.74, 6) is 0. The number of nitrogen functional groups attached to an aromatic ring is 1. The molecule has 0 aliphatic heterocycles. The lowest BCUT2D eigenvalue weighted by Crippen LogP contribution is -2.04. The molecule has 98 valence electrons. The maximum atomic E-state index is 5.95. The second-order valence-corrected chi connectivity index (χ2v) is 4.84. The third-order valence-corrected chi connectivity index (χ3v) is 3.05. The molecule has 19 heavy (non-hydrogen) atoms. The minimum absolute atomic E-state index is 0.703. The molecule has 0 unspecified atom stereocenters. The molecule has 2 aromatic rings. The summed E-state index contributed by atoms with van der Waals surface area (Å²) in [4.78, 5) is 0. The van der Waals surface area contributed by atoms with Gasteiger partial charge in [-0.25, -0.2) is 0 Å². The van der Waals surface area contributed by atoms with Crippen molar-refractivity contribution in [3.05, 3.63) is 58.6 Å². The molecule has 0 aromatic heterocycles. The predicted octanol–water partition coefficient (Wildman–Crippen LogP) is 4.07. The molecule has 0 saturated heterocycles. The Balaban J connectivity index is 2.19. The number of hydrogen-bond acceptors (Lipinski definition) is 3. The van der Waals surface area contributed by atoms with E-state index >= 15 is 0 Å². The number of nitrogens with two attached hydrogens (primary N) is 1. The van der Waals surface area contributed by atoms with Gasteiger partial charge in [-0.3, -0.25) is 5.43 Å². The van der Waals surface area contributed by atoms with Crippen LogP contribution in [-0.4, -0.2) is 5.71 Å². The van der Waals surface area contributed by atoms with Gasteiger partial charge in [0.15, 0.2) is 0 Å². The smallest absolute Gasteiger partial charge is 0.0669 e. The van der Waals surface area contributed by atoms with Crippen molar-refractivity contribution in [3.8, 4) is 0 Å². The van der Waals surface area contributed by atoms with Gasteiger partial charge < -0.3 is 5.73 Å². The second kappa shape index (κ2) is 5.76. The van der Waals surface area contributed by atoms with E-state index in [0.717, 1.165) is 28.2 Å². The molecule has 0 atom stereocenters. The molecule has 0 heterocycles. The first-order valence-corrected chi connectivity index (χ1v) is 6.36. The van der Waals surface area contributed by atoms with Crippen LogP contribution < -0.4 is 11.2 Å². The minimum atomic E-state index is 0.703. The number of anilines is 2. The van der Waals surface area contributed by atoms with Crippen molar-refractivity contribution < 1.29 is 0 Å². The topological polar surface area (TPSA) is 50.4 Å². The van der Waals surface area contributed by atoms with Crippen molar-refractivity contribution in [3.63, 3.8) is 0 Å². The summed E-state index contributed by atoms with van der Waals surface area (Å²) in [5.41, 5.74) is 13.5. The molecule has 2 rings (SSSR count). The number of hydrogen-bond donors (Lipinski definition) is 2. The van der Waals surface area contributed by atoms with Crippen LogP contribution in [0.3, 0.4) is 0 Å². The van der Waals surface area contributed by atoms with Crippen molar-refractivity contribution in [2.75, 3.05) is 11.2 Å². The Hall–Kier alpha value is -2.00. The second-order valence-electron chi connectivity index (χ2n) is 4.41. The molecule has 0 aliphatic carbocycles. The van der Waals surface area contributed by atoms with E-state index in [-0.39, 0.29) is 0 Å². The highest BCUT2D eigenvalue weighted by Crippen LogP contribution is 2.16. The quantitative estimate of drug-likeness (QED) is 0.503. The molecule has 0 bridgehead atoms. The lowest BCUT2D eigenvalue weighted by molar-refractivity contribution is 1.32. The van der Waals surface area contributed by atoms with E-state index in [1.54, 1.807) is 0 Å². The van der Waals surface area contributed by atoms with E-state index in [1.807, 2.05) is 56.3 Å². The highest BCUT2D eigenvalue weighted by molar-refractivity contribution is 6.30. The summed E-state index contributed by atoms with van der Waals surface area (Å²) in [6, 6.07) is 13.3. The Bertz CT molecular complexity index is 603. The van der Waals surface area contributed by atoms with Crippen LogP contribution in [0.5, 0.6) is 0 Å². The van der Waals surface area contributed by atoms with Crippen molar-refractivity contribution in [2.24, 2.45) is 5.10 Å². The highest BCUT2D eigenvalue weighted by atomic mass is 35.5. The Morgan fingerprint density at radius 1 is 1.16 bits per heavy atom. The van der Waals surface area contributed by atoms with E-state index in [2.05, 4.69) is 10.5 Å². The number of halogens is 1. The Morgan fingerprint density at radius 2 is 1.84 bits per heavy atom. The van der Waals surface area contributed by atoms with Gasteiger partial charge in [0.2, 0.25) is 0 Å². The zero-order valence-electron chi connectivity index (χ0n) is 10.9. The SMILES string of the molecule is C/C(=N\Nc1ccc(Cl)cc1)c1cc(C)ccc1N. The molecular weight excluding hydrogens is 258 g/mol. The number of nitrogens with one attached hydrogen (secondary N) is 1. The fourth-order valence-corrected chi connectivity index (χ4v) is 1.84. The summed E-state index contributed by atoms with van der Waals surface area (Å²) < 4.78 is 0. The predicted molar refractivity (Wildman–Crippen MR) is 82.9 cm³/mol. The van der Waals surface area contributed by atoms with E-state index in [4.69, 9.17) is 17.3 Å². The van der Waals surface area contributed by atoms with Crippen LogP contribution in [0.15, 0.2) is 47.6 Å². The number of aryl methyl sites for hydroxylation is 1. The third-order valence-electron chi connectivity index (χ3n) is 2.80. The van der Waals surface area contributed by atoms with E-state index in [1.165, 1.54) is 0 Å². The number of hydrazone groups is 1. The summed E-state index contributed by atoms with van der Waals surface area (Å²) in [5, 5.41) is 5.04. The fourth-order valence-electron chi connectivity index (χ4n) is 1.72. The van der Waals surface area contributed by atoms with Gasteiger partial charge in [0.25, 0.3) is 0 Å². The van der Waals surface area contributed by atoms with E-state index < -0.39 is 0 Å². The van der Waals surface area contributed by atoms with E-state index in [9.17, 15) is 0 Å². The Morgan fingerprint density at radius 3 is 2.53 bits per heavy atom. The molecule has 3 nitrogen and oxygen atoms in total. The molecule has 0 amide bonds. The normalized spacial score (nSPS) is 11.4. The summed E-state index contributed by atoms with van der Waals surface area (Å²) >= 11 is 5.83. The van der Waals surface area contributed by atoms with Crippen LogP contribution in [0.4, 0.5) is 11.4 Å². The zero-order valence-corrected chi connectivity index (χ0v) is 11.7. The average Bonchev–Trinajstić information content (AvgIpc) is 2.40. The van der Waals surface area contributed by atoms with Crippen molar-refractivity contribution in [1.29, 1.82) is 0 Å². The standard InChI is InChI=1S/C15H16ClN3/c1-10-3-8-15(17)14(9-10)11(2)18-19-13-6-4-12(16)5-7-13/h3-9,19H,17H2,1-2H3/b18-11+. The van der Waals surface area contributed by atoms with Gasteiger partial charge in [-0.05, 0) is 50.2 Å². The van der Waals surface area contributed by atoms with Gasteiger partial charge in [0, 0.05) is 16.3 Å². The Labute approximate surface area is 118 Å². The van der Waals surface area contributed by atoms with Gasteiger partial charge in [-0.1, -0.05) is 23.2 Å². The number of benzene rings is 2. The maximum Gasteiger partial charge on any atom is 0.0669 e. The van der Waals surface area contributed by atoms with Crippen molar-refractivity contribution >= 4 is 28.7 Å². The van der Waals surface area contributed by atoms with Crippen LogP contribution in [0, 0.1) is 6.92 Å². The maximum absolute atomic E-state index is 5.95. The third kappa shape index (κ3) is 3.48. The first-order chi connectivity index (χ1) is 9.06. The van der Waals surface area contributed by atoms with Crippen LogP contribution in [-0.2, 0) is 0 Å². The number of nitrogens with zero attached hydrogens (tertiary/aromatic N) is 1. The zero-order chi connectivity index (χ0) is 13.8. The van der Waals surface area contributed by atoms with Gasteiger partial charge in [0.05, 0.1) is 11.4 Å². The lowest BCUT2D eigenvalue weighted by Gasteiger charge is -2.07.